The Labute approximate surface area is 559 Å². The Hall–Kier alpha value is -2.84. The van der Waals surface area contributed by atoms with Crippen LogP contribution in [0.5, 0.6) is 0 Å². The van der Waals surface area contributed by atoms with Gasteiger partial charge in [-0.1, -0.05) is 361 Å². The van der Waals surface area contributed by atoms with Gasteiger partial charge in [0.2, 0.25) is 5.91 Å². The molecule has 1 amide bonds. The summed E-state index contributed by atoms with van der Waals surface area (Å²) in [5.41, 5.74) is 0. The number of rotatable bonds is 70. The van der Waals surface area contributed by atoms with Crippen molar-refractivity contribution in [2.24, 2.45) is 0 Å². The number of aliphatic hydroxyl groups excluding tert-OH is 1. The van der Waals surface area contributed by atoms with Crippen LogP contribution in [0.1, 0.15) is 348 Å². The largest absolute Gasteiger partial charge is 0.756 e. The first-order chi connectivity index (χ1) is 44.0. The van der Waals surface area contributed by atoms with Crippen LogP contribution < -0.4 is 10.2 Å². The molecule has 0 heterocycles. The van der Waals surface area contributed by atoms with Crippen molar-refractivity contribution in [2.75, 3.05) is 40.9 Å². The van der Waals surface area contributed by atoms with Gasteiger partial charge < -0.3 is 28.8 Å². The van der Waals surface area contributed by atoms with Gasteiger partial charge in [-0.2, -0.15) is 0 Å². The van der Waals surface area contributed by atoms with Crippen molar-refractivity contribution in [1.82, 2.24) is 5.32 Å². The second kappa shape index (κ2) is 70.5. The van der Waals surface area contributed by atoms with E-state index in [0.717, 1.165) is 83.5 Å². The molecule has 3 unspecified atom stereocenters. The van der Waals surface area contributed by atoms with Crippen LogP contribution in [0.15, 0.2) is 109 Å². The lowest BCUT2D eigenvalue weighted by Crippen LogP contribution is -2.45. The Balaban J connectivity index is 4.06. The minimum Gasteiger partial charge on any atom is -0.756 e. The van der Waals surface area contributed by atoms with E-state index in [0.29, 0.717) is 17.4 Å². The van der Waals surface area contributed by atoms with Crippen LogP contribution in [0.2, 0.25) is 0 Å². The number of nitrogens with zero attached hydrogens (tertiary/aromatic N) is 1. The maximum atomic E-state index is 13.1. The molecule has 0 aliphatic rings. The molecule has 8 nitrogen and oxygen atoms in total. The highest BCUT2D eigenvalue weighted by atomic mass is 31.2. The number of carbonyl (C=O) groups excluding carboxylic acids is 1. The van der Waals surface area contributed by atoms with Crippen molar-refractivity contribution in [2.45, 2.75) is 360 Å². The molecule has 0 bridgehead atoms. The van der Waals surface area contributed by atoms with Crippen LogP contribution in [0.25, 0.3) is 0 Å². The first kappa shape index (κ1) is 87.2. The van der Waals surface area contributed by atoms with Crippen molar-refractivity contribution >= 4 is 13.7 Å². The van der Waals surface area contributed by atoms with E-state index >= 15 is 0 Å². The van der Waals surface area contributed by atoms with E-state index < -0.39 is 26.6 Å². The van der Waals surface area contributed by atoms with Crippen LogP contribution in [-0.2, 0) is 18.4 Å². The number of quaternary nitrogens is 1. The zero-order valence-corrected chi connectivity index (χ0v) is 60.7. The Kier molecular flexibility index (Phi) is 68.3. The molecule has 0 spiro atoms. The molecule has 0 radical (unpaired) electrons. The van der Waals surface area contributed by atoms with Gasteiger partial charge in [0.05, 0.1) is 39.9 Å². The molecule has 9 heteroatoms. The zero-order valence-electron chi connectivity index (χ0n) is 59.8. The van der Waals surface area contributed by atoms with Gasteiger partial charge in [0, 0.05) is 6.42 Å². The van der Waals surface area contributed by atoms with Crippen LogP contribution in [-0.4, -0.2) is 68.5 Å². The Bertz CT molecular complexity index is 1840. The number of hydrogen-bond donors (Lipinski definition) is 2. The SMILES string of the molecule is CC/C=C\C/C=C\C/C=C\C/C=C\C/C=C\C/C=C\C/C=C\CCCCCCCCCCCCCCCCCC(=O)NC(COP(=O)([O-])OCC[N+](C)(C)C)C(O)/C=C/CC/C=C/CCCCCCCCCCCCCCCCCCCCCCCCCCC. The smallest absolute Gasteiger partial charge is 0.268 e. The lowest BCUT2D eigenvalue weighted by Gasteiger charge is -2.29. The van der Waals surface area contributed by atoms with E-state index in [1.165, 1.54) is 244 Å². The summed E-state index contributed by atoms with van der Waals surface area (Å²) in [6.07, 6.45) is 104. The number of amides is 1. The second-order valence-electron chi connectivity index (χ2n) is 27.0. The van der Waals surface area contributed by atoms with Gasteiger partial charge in [-0.3, -0.25) is 9.36 Å². The predicted molar refractivity (Wildman–Crippen MR) is 394 cm³/mol. The van der Waals surface area contributed by atoms with E-state index in [-0.39, 0.29) is 12.5 Å². The number of carbonyl (C=O) groups is 1. The molecular formula is C81H147N2O6P. The standard InChI is InChI=1S/C81H147N2O6P/c1-6-8-10-12-14-16-18-20-22-24-26-28-30-32-34-36-38-39-40-41-42-43-45-47-49-51-53-55-57-59-61-63-65-67-69-71-73-75-81(85)82-79(78-89-90(86,87)88-77-76-83(3,4)5)80(84)74-72-70-68-66-64-62-60-58-56-54-52-50-48-46-44-37-35-33-31-29-27-25-23-21-19-17-15-13-11-9-7-2/h8,10,14,16,20,22,26,28,32,34,38-39,41-42,64,66,72,74,79-80,84H,6-7,9,11-13,15,17-19,21,23-25,27,29-31,33,35-37,40,43-63,65,67-71,73,75-78H2,1-5H3,(H-,82,85,86,87)/b10-8-,16-14-,22-20-,28-26-,34-32-,39-38-,42-41-,66-64+,74-72+. The molecule has 0 aliphatic carbocycles. The number of likely N-dealkylation sites (N-methyl/N-ethyl adjacent to an activating group) is 1. The van der Waals surface area contributed by atoms with E-state index in [2.05, 4.69) is 116 Å². The molecule has 0 aromatic rings. The van der Waals surface area contributed by atoms with Gasteiger partial charge in [-0.05, 0) is 89.9 Å². The van der Waals surface area contributed by atoms with Gasteiger partial charge in [-0.25, -0.2) is 0 Å². The maximum absolute atomic E-state index is 13.1. The van der Waals surface area contributed by atoms with Gasteiger partial charge in [0.25, 0.3) is 7.82 Å². The molecule has 90 heavy (non-hydrogen) atoms. The van der Waals surface area contributed by atoms with Crippen molar-refractivity contribution < 1.29 is 32.9 Å². The van der Waals surface area contributed by atoms with Crippen molar-refractivity contribution in [1.29, 1.82) is 0 Å². The number of phosphoric acid groups is 1. The highest BCUT2D eigenvalue weighted by Gasteiger charge is 2.23. The third-order valence-corrected chi connectivity index (χ3v) is 17.9. The van der Waals surface area contributed by atoms with E-state index in [9.17, 15) is 19.4 Å². The van der Waals surface area contributed by atoms with Crippen molar-refractivity contribution in [3.05, 3.63) is 109 Å². The van der Waals surface area contributed by atoms with E-state index in [1.807, 2.05) is 27.2 Å². The first-order valence-electron chi connectivity index (χ1n) is 38.2. The summed E-state index contributed by atoms with van der Waals surface area (Å²) in [6.45, 7) is 4.55. The quantitative estimate of drug-likeness (QED) is 0.0272. The molecule has 2 N–H and O–H groups in total. The monoisotopic (exact) mass is 1280 g/mol. The van der Waals surface area contributed by atoms with Gasteiger partial charge >= 0.3 is 0 Å². The van der Waals surface area contributed by atoms with E-state index in [1.54, 1.807) is 6.08 Å². The zero-order chi connectivity index (χ0) is 65.5. The number of hydrogen-bond acceptors (Lipinski definition) is 6. The fraction of sp³-hybridized carbons (Fsp3) is 0.765. The molecule has 0 saturated carbocycles. The molecule has 3 atom stereocenters. The third-order valence-electron chi connectivity index (χ3n) is 17.0. The van der Waals surface area contributed by atoms with E-state index in [4.69, 9.17) is 9.05 Å². The molecule has 0 rings (SSSR count). The summed E-state index contributed by atoms with van der Waals surface area (Å²) in [4.78, 5) is 25.7. The average Bonchev–Trinajstić information content (AvgIpc) is 3.18. The summed E-state index contributed by atoms with van der Waals surface area (Å²) in [7, 11) is 1.25. The first-order valence-corrected chi connectivity index (χ1v) is 39.7. The van der Waals surface area contributed by atoms with Crippen molar-refractivity contribution in [3.8, 4) is 0 Å². The number of phosphoric ester groups is 1. The molecular weight excluding hydrogens is 1130 g/mol. The van der Waals surface area contributed by atoms with Gasteiger partial charge in [-0.15, -0.1) is 0 Å². The summed E-state index contributed by atoms with van der Waals surface area (Å²) in [5, 5.41) is 14.0. The van der Waals surface area contributed by atoms with Crippen molar-refractivity contribution in [3.63, 3.8) is 0 Å². The number of allylic oxidation sites excluding steroid dienone is 17. The minimum atomic E-state index is -4.62. The molecule has 0 fully saturated rings. The minimum absolute atomic E-state index is 0.00932. The summed E-state index contributed by atoms with van der Waals surface area (Å²) >= 11 is 0. The highest BCUT2D eigenvalue weighted by molar-refractivity contribution is 7.45. The van der Waals surface area contributed by atoms with Crippen LogP contribution in [0.3, 0.4) is 0 Å². The Morgan fingerprint density at radius 1 is 0.400 bits per heavy atom. The summed E-state index contributed by atoms with van der Waals surface area (Å²) < 4.78 is 23.5. The maximum Gasteiger partial charge on any atom is 0.268 e. The topological polar surface area (TPSA) is 108 Å². The summed E-state index contributed by atoms with van der Waals surface area (Å²) in [5.74, 6) is -0.206. The Morgan fingerprint density at radius 3 is 1.03 bits per heavy atom. The molecule has 0 aromatic carbocycles. The number of unbranched alkanes of at least 4 members (excludes halogenated alkanes) is 41. The number of nitrogens with one attached hydrogen (secondary N) is 1. The van der Waals surface area contributed by atoms with Crippen LogP contribution in [0.4, 0.5) is 0 Å². The molecule has 0 saturated heterocycles. The second-order valence-corrected chi connectivity index (χ2v) is 28.4. The van der Waals surface area contributed by atoms with Gasteiger partial charge in [0.15, 0.2) is 0 Å². The lowest BCUT2D eigenvalue weighted by molar-refractivity contribution is -0.870. The molecule has 0 aromatic heterocycles. The fourth-order valence-electron chi connectivity index (χ4n) is 11.1. The fourth-order valence-corrected chi connectivity index (χ4v) is 11.8. The Morgan fingerprint density at radius 2 is 0.689 bits per heavy atom. The van der Waals surface area contributed by atoms with Crippen LogP contribution >= 0.6 is 7.82 Å². The predicted octanol–water partition coefficient (Wildman–Crippen LogP) is 24.4. The van der Waals surface area contributed by atoms with Gasteiger partial charge in [0.1, 0.15) is 13.2 Å². The number of aliphatic hydroxyl groups is 1. The van der Waals surface area contributed by atoms with Crippen LogP contribution in [0, 0.1) is 0 Å². The normalized spacial score (nSPS) is 14.2. The third kappa shape index (κ3) is 72.6. The molecule has 0 aliphatic heterocycles. The lowest BCUT2D eigenvalue weighted by atomic mass is 10.0. The molecule has 522 valence electrons. The highest BCUT2D eigenvalue weighted by Crippen LogP contribution is 2.38. The summed E-state index contributed by atoms with van der Waals surface area (Å²) in [6, 6.07) is -0.911. The average molecular weight is 1280 g/mol.